The second-order valence-electron chi connectivity index (χ2n) is 6.99. The minimum Gasteiger partial charge on any atom is -0.295 e. The molecule has 3 aromatic rings. The maximum atomic E-state index is 12.6. The Bertz CT molecular complexity index is 1100. The molecule has 0 N–H and O–H groups in total. The van der Waals surface area contributed by atoms with Crippen molar-refractivity contribution in [2.24, 2.45) is 0 Å². The number of hydrogen-bond acceptors (Lipinski definition) is 3. The van der Waals surface area contributed by atoms with Crippen LogP contribution < -0.4 is 0 Å². The van der Waals surface area contributed by atoms with Crippen LogP contribution in [0.25, 0.3) is 11.1 Å². The first-order valence-corrected chi connectivity index (χ1v) is 9.68. The molecule has 144 valence electrons. The second-order valence-corrected chi connectivity index (χ2v) is 7.43. The number of ketones is 1. The third kappa shape index (κ3) is 3.59. The number of rotatable bonds is 5. The van der Waals surface area contributed by atoms with E-state index >= 15 is 0 Å². The lowest BCUT2D eigenvalue weighted by atomic mass is 9.95. The van der Waals surface area contributed by atoms with E-state index in [1.54, 1.807) is 30.3 Å². The Kier molecular flexibility index (Phi) is 5.03. The Balaban J connectivity index is 1.62. The van der Waals surface area contributed by atoms with Crippen LogP contribution in [-0.4, -0.2) is 29.0 Å². The minimum absolute atomic E-state index is 0.0509. The van der Waals surface area contributed by atoms with Crippen LogP contribution in [0.3, 0.4) is 0 Å². The number of Topliss-reactive ketones (excluding diaryl/α,β-unsaturated/α-hetero) is 1. The SMILES string of the molecule is CC(=O)c1ccc(-c2ccc(Cl)cc2)cc1CCN1C(=O)c2ccccc2C1=O. The summed E-state index contributed by atoms with van der Waals surface area (Å²) in [6.07, 6.45) is 0.405. The summed E-state index contributed by atoms with van der Waals surface area (Å²) in [7, 11) is 0. The van der Waals surface area contributed by atoms with Gasteiger partial charge in [0.05, 0.1) is 11.1 Å². The molecular formula is C24H18ClNO3. The van der Waals surface area contributed by atoms with E-state index in [1.165, 1.54) is 11.8 Å². The number of benzene rings is 3. The predicted octanol–water partition coefficient (Wildman–Crippen LogP) is 5.05. The van der Waals surface area contributed by atoms with Gasteiger partial charge in [-0.15, -0.1) is 0 Å². The van der Waals surface area contributed by atoms with E-state index in [-0.39, 0.29) is 24.1 Å². The maximum Gasteiger partial charge on any atom is 0.261 e. The fraction of sp³-hybridized carbons (Fsp3) is 0.125. The van der Waals surface area contributed by atoms with Crippen molar-refractivity contribution in [1.82, 2.24) is 4.90 Å². The fourth-order valence-corrected chi connectivity index (χ4v) is 3.77. The third-order valence-electron chi connectivity index (χ3n) is 5.15. The van der Waals surface area contributed by atoms with Gasteiger partial charge >= 0.3 is 0 Å². The van der Waals surface area contributed by atoms with Gasteiger partial charge in [0.1, 0.15) is 0 Å². The summed E-state index contributed by atoms with van der Waals surface area (Å²) in [4.78, 5) is 38.5. The van der Waals surface area contributed by atoms with Crippen molar-refractivity contribution in [3.8, 4) is 11.1 Å². The number of imide groups is 1. The number of fused-ring (bicyclic) bond motifs is 1. The molecule has 0 radical (unpaired) electrons. The highest BCUT2D eigenvalue weighted by Gasteiger charge is 2.34. The molecule has 0 fully saturated rings. The second kappa shape index (κ2) is 7.64. The van der Waals surface area contributed by atoms with Crippen LogP contribution in [0, 0.1) is 0 Å². The van der Waals surface area contributed by atoms with Gasteiger partial charge in [-0.2, -0.15) is 0 Å². The molecule has 1 aliphatic rings. The number of halogens is 1. The molecule has 5 heteroatoms. The molecule has 1 heterocycles. The van der Waals surface area contributed by atoms with Crippen LogP contribution in [0.5, 0.6) is 0 Å². The molecule has 0 unspecified atom stereocenters. The summed E-state index contributed by atoms with van der Waals surface area (Å²) >= 11 is 5.97. The van der Waals surface area contributed by atoms with Crippen molar-refractivity contribution >= 4 is 29.2 Å². The van der Waals surface area contributed by atoms with E-state index in [0.29, 0.717) is 28.1 Å². The smallest absolute Gasteiger partial charge is 0.261 e. The summed E-state index contributed by atoms with van der Waals surface area (Å²) in [5.74, 6) is -0.627. The molecule has 4 nitrogen and oxygen atoms in total. The third-order valence-corrected chi connectivity index (χ3v) is 5.40. The molecule has 0 saturated carbocycles. The van der Waals surface area contributed by atoms with Crippen LogP contribution in [0.15, 0.2) is 66.7 Å². The average Bonchev–Trinajstić information content (AvgIpc) is 2.97. The monoisotopic (exact) mass is 403 g/mol. The summed E-state index contributed by atoms with van der Waals surface area (Å²) < 4.78 is 0. The molecule has 0 spiro atoms. The molecule has 1 aliphatic heterocycles. The number of carbonyl (C=O) groups excluding carboxylic acids is 3. The average molecular weight is 404 g/mol. The van der Waals surface area contributed by atoms with E-state index in [9.17, 15) is 14.4 Å². The van der Waals surface area contributed by atoms with Crippen molar-refractivity contribution < 1.29 is 14.4 Å². The van der Waals surface area contributed by atoms with Gasteiger partial charge in [0.25, 0.3) is 11.8 Å². The van der Waals surface area contributed by atoms with Crippen molar-refractivity contribution in [3.63, 3.8) is 0 Å². The Morgan fingerprint density at radius 2 is 1.45 bits per heavy atom. The number of hydrogen-bond donors (Lipinski definition) is 0. The fourth-order valence-electron chi connectivity index (χ4n) is 3.64. The first kappa shape index (κ1) is 19.1. The van der Waals surface area contributed by atoms with Crippen LogP contribution in [0.1, 0.15) is 43.6 Å². The van der Waals surface area contributed by atoms with Crippen LogP contribution in [0.4, 0.5) is 0 Å². The van der Waals surface area contributed by atoms with Crippen LogP contribution in [-0.2, 0) is 6.42 Å². The Morgan fingerprint density at radius 3 is 2.03 bits per heavy atom. The zero-order valence-corrected chi connectivity index (χ0v) is 16.6. The summed E-state index contributed by atoms with van der Waals surface area (Å²) in [6, 6.07) is 19.9. The standard InChI is InChI=1S/C24H18ClNO3/c1-15(27)20-11-8-17(16-6-9-19(25)10-7-16)14-18(20)12-13-26-23(28)21-4-2-3-5-22(21)24(26)29/h2-11,14H,12-13H2,1H3. The van der Waals surface area contributed by atoms with Gasteiger partial charge in [-0.1, -0.05) is 54.1 Å². The van der Waals surface area contributed by atoms with Gasteiger partial charge in [0.2, 0.25) is 0 Å². The quantitative estimate of drug-likeness (QED) is 0.442. The van der Waals surface area contributed by atoms with Gasteiger partial charge in [-0.05, 0) is 54.3 Å². The zero-order valence-electron chi connectivity index (χ0n) is 15.8. The van der Waals surface area contributed by atoms with Gasteiger partial charge in [-0.3, -0.25) is 19.3 Å². The topological polar surface area (TPSA) is 54.5 Å². The highest BCUT2D eigenvalue weighted by Crippen LogP contribution is 2.27. The Morgan fingerprint density at radius 1 is 0.862 bits per heavy atom. The lowest BCUT2D eigenvalue weighted by Crippen LogP contribution is -2.32. The first-order chi connectivity index (χ1) is 14.0. The molecule has 29 heavy (non-hydrogen) atoms. The molecular weight excluding hydrogens is 386 g/mol. The van der Waals surface area contributed by atoms with Crippen molar-refractivity contribution in [2.75, 3.05) is 6.54 Å². The number of carbonyl (C=O) groups is 3. The molecule has 3 aromatic carbocycles. The molecule has 0 aliphatic carbocycles. The van der Waals surface area contributed by atoms with Crippen molar-refractivity contribution in [1.29, 1.82) is 0 Å². The molecule has 0 aromatic heterocycles. The molecule has 4 rings (SSSR count). The largest absolute Gasteiger partial charge is 0.295 e. The van der Waals surface area contributed by atoms with Gasteiger partial charge in [0.15, 0.2) is 5.78 Å². The van der Waals surface area contributed by atoms with Crippen molar-refractivity contribution in [3.05, 3.63) is 94.0 Å². The maximum absolute atomic E-state index is 12.6. The molecule has 0 saturated heterocycles. The molecule has 0 atom stereocenters. The number of amides is 2. The van der Waals surface area contributed by atoms with E-state index in [2.05, 4.69) is 0 Å². The van der Waals surface area contributed by atoms with E-state index in [0.717, 1.165) is 16.7 Å². The molecule has 0 bridgehead atoms. The Hall–Kier alpha value is -3.24. The normalized spacial score (nSPS) is 13.0. The van der Waals surface area contributed by atoms with E-state index in [4.69, 9.17) is 11.6 Å². The van der Waals surface area contributed by atoms with E-state index in [1.807, 2.05) is 36.4 Å². The van der Waals surface area contributed by atoms with Gasteiger partial charge < -0.3 is 0 Å². The highest BCUT2D eigenvalue weighted by atomic mass is 35.5. The minimum atomic E-state index is -0.288. The molecule has 2 amide bonds. The van der Waals surface area contributed by atoms with Gasteiger partial charge in [-0.25, -0.2) is 0 Å². The lowest BCUT2D eigenvalue weighted by molar-refractivity contribution is 0.0656. The zero-order chi connectivity index (χ0) is 20.5. The lowest BCUT2D eigenvalue weighted by Gasteiger charge is -2.16. The Labute approximate surface area is 173 Å². The van der Waals surface area contributed by atoms with Crippen LogP contribution in [0.2, 0.25) is 5.02 Å². The van der Waals surface area contributed by atoms with Crippen molar-refractivity contribution in [2.45, 2.75) is 13.3 Å². The summed E-state index contributed by atoms with van der Waals surface area (Å²) in [5.41, 5.74) is 4.19. The number of nitrogens with zero attached hydrogens (tertiary/aromatic N) is 1. The van der Waals surface area contributed by atoms with Gasteiger partial charge in [0, 0.05) is 17.1 Å². The first-order valence-electron chi connectivity index (χ1n) is 9.31. The highest BCUT2D eigenvalue weighted by molar-refractivity contribution is 6.30. The predicted molar refractivity (Wildman–Crippen MR) is 112 cm³/mol. The summed E-state index contributed by atoms with van der Waals surface area (Å²) in [5, 5.41) is 0.653. The van der Waals surface area contributed by atoms with Crippen LogP contribution >= 0.6 is 11.6 Å². The summed E-state index contributed by atoms with van der Waals surface area (Å²) in [6.45, 7) is 1.74. The van der Waals surface area contributed by atoms with E-state index < -0.39 is 0 Å².